The van der Waals surface area contributed by atoms with Crippen molar-refractivity contribution >= 4 is 11.6 Å². The van der Waals surface area contributed by atoms with Gasteiger partial charge in [0.1, 0.15) is 0 Å². The number of benzene rings is 1. The Kier molecular flexibility index (Phi) is 4.62. The molecule has 0 saturated heterocycles. The Labute approximate surface area is 125 Å². The Bertz CT molecular complexity index is 615. The Hall–Kier alpha value is -2.30. The highest BCUT2D eigenvalue weighted by Gasteiger charge is 2.16. The zero-order chi connectivity index (χ0) is 15.4. The van der Waals surface area contributed by atoms with E-state index >= 15 is 0 Å². The minimum atomic E-state index is 0.116. The predicted octanol–water partition coefficient (Wildman–Crippen LogP) is 2.96. The molecule has 0 amide bonds. The zero-order valence-corrected chi connectivity index (χ0v) is 13.0. The van der Waals surface area contributed by atoms with Crippen LogP contribution in [-0.2, 0) is 0 Å². The molecule has 0 aliphatic rings. The predicted molar refractivity (Wildman–Crippen MR) is 85.6 cm³/mol. The lowest BCUT2D eigenvalue weighted by Crippen LogP contribution is -2.24. The average Bonchev–Trinajstić information content (AvgIpc) is 2.45. The molecule has 5 heteroatoms. The number of nitrogen functional groups attached to an aromatic ring is 1. The third kappa shape index (κ3) is 3.62. The van der Waals surface area contributed by atoms with Gasteiger partial charge in [-0.2, -0.15) is 4.98 Å². The molecule has 0 aliphatic carbocycles. The molecule has 0 aliphatic heterocycles. The van der Waals surface area contributed by atoms with Crippen molar-refractivity contribution < 1.29 is 4.74 Å². The molecule has 1 aromatic carbocycles. The maximum Gasteiger partial charge on any atom is 0.229 e. The van der Waals surface area contributed by atoms with E-state index in [1.165, 1.54) is 0 Å². The number of aryl methyl sites for hydroxylation is 1. The third-order valence-corrected chi connectivity index (χ3v) is 3.40. The van der Waals surface area contributed by atoms with Crippen LogP contribution >= 0.6 is 0 Å². The average molecular weight is 286 g/mol. The smallest absolute Gasteiger partial charge is 0.229 e. The lowest BCUT2D eigenvalue weighted by atomic mass is 10.1. The normalized spacial score (nSPS) is 12.0. The van der Waals surface area contributed by atoms with Crippen LogP contribution in [0.15, 0.2) is 30.3 Å². The largest absolute Gasteiger partial charge is 0.478 e. The molecular formula is C16H22N4O. The molecule has 5 nitrogen and oxygen atoms in total. The van der Waals surface area contributed by atoms with Crippen molar-refractivity contribution in [2.75, 3.05) is 24.3 Å². The van der Waals surface area contributed by atoms with Crippen molar-refractivity contribution in [3.63, 3.8) is 0 Å². The number of hydrogen-bond acceptors (Lipinski definition) is 5. The van der Waals surface area contributed by atoms with Crippen molar-refractivity contribution in [1.82, 2.24) is 9.97 Å². The Morgan fingerprint density at radius 1 is 1.29 bits per heavy atom. The fourth-order valence-electron chi connectivity index (χ4n) is 2.12. The van der Waals surface area contributed by atoms with E-state index in [9.17, 15) is 0 Å². The van der Waals surface area contributed by atoms with E-state index in [0.29, 0.717) is 18.4 Å². The van der Waals surface area contributed by atoms with Gasteiger partial charge in [0.2, 0.25) is 11.8 Å². The molecule has 1 heterocycles. The van der Waals surface area contributed by atoms with Gasteiger partial charge in [-0.1, -0.05) is 12.1 Å². The molecule has 0 fully saturated rings. The van der Waals surface area contributed by atoms with Gasteiger partial charge in [-0.25, -0.2) is 4.98 Å². The first-order chi connectivity index (χ1) is 10.0. The Balaban J connectivity index is 2.28. The highest BCUT2D eigenvalue weighted by molar-refractivity contribution is 5.44. The van der Waals surface area contributed by atoms with Crippen molar-refractivity contribution in [3.8, 4) is 5.88 Å². The zero-order valence-electron chi connectivity index (χ0n) is 13.0. The molecule has 0 spiro atoms. The van der Waals surface area contributed by atoms with E-state index < -0.39 is 0 Å². The highest BCUT2D eigenvalue weighted by Crippen LogP contribution is 2.25. The Morgan fingerprint density at radius 3 is 2.71 bits per heavy atom. The van der Waals surface area contributed by atoms with Crippen LogP contribution in [0.3, 0.4) is 0 Å². The van der Waals surface area contributed by atoms with Crippen molar-refractivity contribution in [2.45, 2.75) is 26.8 Å². The van der Waals surface area contributed by atoms with E-state index in [2.05, 4.69) is 23.0 Å². The third-order valence-electron chi connectivity index (χ3n) is 3.40. The van der Waals surface area contributed by atoms with Gasteiger partial charge in [0, 0.05) is 24.5 Å². The van der Waals surface area contributed by atoms with Crippen LogP contribution in [-0.4, -0.2) is 23.6 Å². The second kappa shape index (κ2) is 6.43. The molecule has 0 radical (unpaired) electrons. The first-order valence-corrected chi connectivity index (χ1v) is 7.08. The van der Waals surface area contributed by atoms with Crippen molar-refractivity contribution in [3.05, 3.63) is 41.6 Å². The lowest BCUT2D eigenvalue weighted by molar-refractivity contribution is 0.326. The molecule has 0 bridgehead atoms. The summed E-state index contributed by atoms with van der Waals surface area (Å²) < 4.78 is 5.48. The molecule has 2 aromatic rings. The molecule has 1 atom stereocenters. The highest BCUT2D eigenvalue weighted by atomic mass is 16.5. The van der Waals surface area contributed by atoms with E-state index in [4.69, 9.17) is 10.5 Å². The number of nitrogens with zero attached hydrogens (tertiary/aromatic N) is 3. The topological polar surface area (TPSA) is 64.3 Å². The first kappa shape index (κ1) is 15.1. The summed E-state index contributed by atoms with van der Waals surface area (Å²) in [7, 11) is 1.97. The van der Waals surface area contributed by atoms with Crippen LogP contribution in [0.4, 0.5) is 11.6 Å². The lowest BCUT2D eigenvalue weighted by Gasteiger charge is -2.26. The summed E-state index contributed by atoms with van der Waals surface area (Å²) in [6.07, 6.45) is 0. The van der Waals surface area contributed by atoms with Crippen molar-refractivity contribution in [2.24, 2.45) is 0 Å². The van der Waals surface area contributed by atoms with Gasteiger partial charge in [-0.3, -0.25) is 0 Å². The summed E-state index contributed by atoms with van der Waals surface area (Å²) in [6, 6.07) is 9.82. The second-order valence-electron chi connectivity index (χ2n) is 5.04. The quantitative estimate of drug-likeness (QED) is 0.856. The van der Waals surface area contributed by atoms with Gasteiger partial charge in [-0.15, -0.1) is 0 Å². The fourth-order valence-corrected chi connectivity index (χ4v) is 2.12. The van der Waals surface area contributed by atoms with E-state index in [1.807, 2.05) is 50.1 Å². The number of hydrogen-bond donors (Lipinski definition) is 1. The summed E-state index contributed by atoms with van der Waals surface area (Å²) >= 11 is 0. The summed E-state index contributed by atoms with van der Waals surface area (Å²) in [5.41, 5.74) is 8.62. The molecule has 1 unspecified atom stereocenters. The van der Waals surface area contributed by atoms with Crippen molar-refractivity contribution in [1.29, 1.82) is 0 Å². The Morgan fingerprint density at radius 2 is 2.05 bits per heavy atom. The molecule has 1 aromatic heterocycles. The summed E-state index contributed by atoms with van der Waals surface area (Å²) in [4.78, 5) is 11.0. The fraction of sp³-hybridized carbons (Fsp3) is 0.375. The van der Waals surface area contributed by atoms with Gasteiger partial charge in [0.15, 0.2) is 0 Å². The van der Waals surface area contributed by atoms with E-state index in [1.54, 1.807) is 0 Å². The summed E-state index contributed by atoms with van der Waals surface area (Å²) in [6.45, 7) is 6.56. The van der Waals surface area contributed by atoms with Gasteiger partial charge < -0.3 is 15.4 Å². The van der Waals surface area contributed by atoms with Gasteiger partial charge in [0.25, 0.3) is 0 Å². The molecule has 21 heavy (non-hydrogen) atoms. The van der Waals surface area contributed by atoms with Crippen LogP contribution in [0.25, 0.3) is 0 Å². The van der Waals surface area contributed by atoms with E-state index in [-0.39, 0.29) is 6.04 Å². The first-order valence-electron chi connectivity index (χ1n) is 7.08. The number of rotatable bonds is 5. The monoisotopic (exact) mass is 286 g/mol. The molecular weight excluding hydrogens is 264 g/mol. The van der Waals surface area contributed by atoms with E-state index in [0.717, 1.165) is 16.9 Å². The minimum absolute atomic E-state index is 0.116. The van der Waals surface area contributed by atoms with Crippen LogP contribution in [0, 0.1) is 6.92 Å². The maximum atomic E-state index is 5.85. The number of ether oxygens (including phenoxy) is 1. The number of aromatic nitrogens is 2. The van der Waals surface area contributed by atoms with Crippen LogP contribution in [0.2, 0.25) is 0 Å². The SMILES string of the molecule is CCOc1cc(C)nc(N(C)C(C)c2cccc(N)c2)n1. The molecule has 2 rings (SSSR count). The van der Waals surface area contributed by atoms with Crippen LogP contribution < -0.4 is 15.4 Å². The molecule has 2 N–H and O–H groups in total. The van der Waals surface area contributed by atoms with Crippen LogP contribution in [0.1, 0.15) is 31.1 Å². The molecule has 112 valence electrons. The summed E-state index contributed by atoms with van der Waals surface area (Å²) in [5.74, 6) is 1.25. The van der Waals surface area contributed by atoms with Crippen LogP contribution in [0.5, 0.6) is 5.88 Å². The van der Waals surface area contributed by atoms with Gasteiger partial charge in [-0.05, 0) is 38.5 Å². The van der Waals surface area contributed by atoms with Gasteiger partial charge >= 0.3 is 0 Å². The minimum Gasteiger partial charge on any atom is -0.478 e. The number of anilines is 2. The summed E-state index contributed by atoms with van der Waals surface area (Å²) in [5, 5.41) is 0. The second-order valence-corrected chi connectivity index (χ2v) is 5.04. The number of nitrogens with two attached hydrogens (primary N) is 1. The maximum absolute atomic E-state index is 5.85. The molecule has 0 saturated carbocycles. The standard InChI is InChI=1S/C16H22N4O/c1-5-21-15-9-11(2)18-16(19-15)20(4)12(3)13-7-6-8-14(17)10-13/h6-10,12H,5,17H2,1-4H3. The van der Waals surface area contributed by atoms with Gasteiger partial charge in [0.05, 0.1) is 12.6 Å².